The summed E-state index contributed by atoms with van der Waals surface area (Å²) >= 11 is 0. The Hall–Kier alpha value is -2.28. The predicted octanol–water partition coefficient (Wildman–Crippen LogP) is -0.366. The van der Waals surface area contributed by atoms with Crippen LogP contribution in [0.2, 0.25) is 0 Å². The Labute approximate surface area is 142 Å². The lowest BCUT2D eigenvalue weighted by atomic mass is 10.2. The van der Waals surface area contributed by atoms with Gasteiger partial charge >= 0.3 is 6.03 Å². The van der Waals surface area contributed by atoms with Gasteiger partial charge in [0.2, 0.25) is 5.91 Å². The minimum Gasteiger partial charge on any atom is -0.497 e. The summed E-state index contributed by atoms with van der Waals surface area (Å²) in [5.41, 5.74) is 0.819. The predicted molar refractivity (Wildman–Crippen MR) is 92.6 cm³/mol. The van der Waals surface area contributed by atoms with E-state index < -0.39 is 0 Å². The van der Waals surface area contributed by atoms with E-state index in [-0.39, 0.29) is 18.0 Å². The number of hydrogen-bond donors (Lipinski definition) is 3. The van der Waals surface area contributed by atoms with Crippen LogP contribution < -0.4 is 25.2 Å². The Balaban J connectivity index is 1.80. The van der Waals surface area contributed by atoms with Crippen molar-refractivity contribution in [2.24, 2.45) is 0 Å². The maximum Gasteiger partial charge on any atom is 0.315 e. The van der Waals surface area contributed by atoms with Crippen molar-refractivity contribution in [2.75, 3.05) is 45.7 Å². The second-order valence-electron chi connectivity index (χ2n) is 6.31. The highest BCUT2D eigenvalue weighted by atomic mass is 16.5. The zero-order valence-electron chi connectivity index (χ0n) is 14.6. The van der Waals surface area contributed by atoms with Crippen molar-refractivity contribution in [2.45, 2.75) is 18.9 Å². The molecule has 1 aliphatic rings. The van der Waals surface area contributed by atoms with Crippen molar-refractivity contribution in [1.29, 1.82) is 0 Å². The third-order valence-electron chi connectivity index (χ3n) is 3.98. The van der Waals surface area contributed by atoms with E-state index in [2.05, 4.69) is 24.7 Å². The fourth-order valence-electron chi connectivity index (χ4n) is 2.70. The Bertz CT molecular complexity index is 559. The van der Waals surface area contributed by atoms with Crippen LogP contribution in [0.3, 0.4) is 0 Å². The molecule has 132 valence electrons. The third kappa shape index (κ3) is 5.13. The van der Waals surface area contributed by atoms with E-state index in [0.29, 0.717) is 19.5 Å². The molecule has 1 aromatic carbocycles. The molecule has 0 radical (unpaired) electrons. The molecule has 1 fully saturated rings. The number of methoxy groups -OCH3 is 1. The molecule has 1 atom stereocenters. The molecule has 1 saturated heterocycles. The molecule has 2 rings (SSSR count). The molecule has 0 saturated carbocycles. The highest BCUT2D eigenvalue weighted by Crippen LogP contribution is 2.24. The summed E-state index contributed by atoms with van der Waals surface area (Å²) in [5, 5.41) is 5.72. The van der Waals surface area contributed by atoms with Crippen LogP contribution in [0.15, 0.2) is 24.3 Å². The lowest BCUT2D eigenvalue weighted by Gasteiger charge is -2.18. The number of quaternary nitrogens is 1. The molecular weight excluding hydrogens is 308 g/mol. The number of hydrogen-bond acceptors (Lipinski definition) is 3. The van der Waals surface area contributed by atoms with E-state index in [4.69, 9.17) is 4.74 Å². The summed E-state index contributed by atoms with van der Waals surface area (Å²) in [6.45, 7) is 2.13. The van der Waals surface area contributed by atoms with Crippen LogP contribution in [0.25, 0.3) is 0 Å². The van der Waals surface area contributed by atoms with Crippen molar-refractivity contribution in [3.05, 3.63) is 24.3 Å². The summed E-state index contributed by atoms with van der Waals surface area (Å²) in [6.07, 6.45) is 1.25. The van der Waals surface area contributed by atoms with Gasteiger partial charge < -0.3 is 25.2 Å². The molecule has 24 heavy (non-hydrogen) atoms. The second-order valence-corrected chi connectivity index (χ2v) is 6.31. The lowest BCUT2D eigenvalue weighted by molar-refractivity contribution is -0.858. The van der Waals surface area contributed by atoms with Crippen molar-refractivity contribution in [3.63, 3.8) is 0 Å². The summed E-state index contributed by atoms with van der Waals surface area (Å²) in [7, 11) is 5.77. The van der Waals surface area contributed by atoms with Gasteiger partial charge in [0.15, 0.2) is 0 Å². The van der Waals surface area contributed by atoms with Gasteiger partial charge in [-0.15, -0.1) is 0 Å². The van der Waals surface area contributed by atoms with E-state index in [0.717, 1.165) is 24.4 Å². The number of nitrogens with zero attached hydrogens (tertiary/aromatic N) is 1. The quantitative estimate of drug-likeness (QED) is 0.596. The lowest BCUT2D eigenvalue weighted by Crippen LogP contribution is -3.05. The number of benzene rings is 1. The highest BCUT2D eigenvalue weighted by Gasteiger charge is 2.31. The first-order chi connectivity index (χ1) is 11.5. The van der Waals surface area contributed by atoms with Crippen LogP contribution in [-0.4, -0.2) is 58.8 Å². The normalized spacial score (nSPS) is 17.2. The van der Waals surface area contributed by atoms with E-state index in [9.17, 15) is 9.59 Å². The minimum atomic E-state index is -0.210. The Kier molecular flexibility index (Phi) is 6.43. The molecule has 0 unspecified atom stereocenters. The minimum absolute atomic E-state index is 0.0154. The van der Waals surface area contributed by atoms with E-state index in [1.54, 1.807) is 12.0 Å². The number of carbonyl (C=O) groups is 2. The summed E-state index contributed by atoms with van der Waals surface area (Å²) in [4.78, 5) is 27.1. The van der Waals surface area contributed by atoms with Crippen LogP contribution in [0.5, 0.6) is 5.75 Å². The topological polar surface area (TPSA) is 75.1 Å². The van der Waals surface area contributed by atoms with Gasteiger partial charge in [-0.1, -0.05) is 0 Å². The Morgan fingerprint density at radius 1 is 1.33 bits per heavy atom. The van der Waals surface area contributed by atoms with Gasteiger partial charge in [-0.25, -0.2) is 4.79 Å². The maximum atomic E-state index is 12.2. The zero-order chi connectivity index (χ0) is 17.5. The smallest absolute Gasteiger partial charge is 0.315 e. The molecule has 7 nitrogen and oxygen atoms in total. The molecule has 0 aromatic heterocycles. The first kappa shape index (κ1) is 18.1. The van der Waals surface area contributed by atoms with Crippen molar-refractivity contribution in [1.82, 2.24) is 10.6 Å². The monoisotopic (exact) mass is 335 g/mol. The first-order valence-electron chi connectivity index (χ1n) is 8.27. The molecule has 1 heterocycles. The molecular formula is C17H27N4O3+. The van der Waals surface area contributed by atoms with Crippen molar-refractivity contribution >= 4 is 17.6 Å². The SMILES string of the molecule is COc1ccc(N2C[C@H](NC(=O)NCCC[NH+](C)C)CC2=O)cc1. The molecule has 3 amide bonds. The standard InChI is InChI=1S/C17H26N4O3/c1-20(2)10-4-9-18-17(23)19-13-11-16(22)21(12-13)14-5-7-15(24-3)8-6-14/h5-8,13H,4,9-12H2,1-3H3,(H2,18,19,23)/p+1/t13-/m1/s1. The van der Waals surface area contributed by atoms with E-state index in [1.807, 2.05) is 24.3 Å². The number of nitrogens with one attached hydrogen (secondary N) is 3. The molecule has 3 N–H and O–H groups in total. The number of ether oxygens (including phenoxy) is 1. The highest BCUT2D eigenvalue weighted by molar-refractivity contribution is 5.96. The van der Waals surface area contributed by atoms with Gasteiger partial charge in [-0.3, -0.25) is 4.79 Å². The van der Waals surface area contributed by atoms with Crippen LogP contribution in [0.1, 0.15) is 12.8 Å². The molecule has 0 spiro atoms. The Morgan fingerprint density at radius 3 is 2.67 bits per heavy atom. The van der Waals surface area contributed by atoms with Gasteiger partial charge in [0.1, 0.15) is 5.75 Å². The average molecular weight is 335 g/mol. The van der Waals surface area contributed by atoms with Gasteiger partial charge in [-0.05, 0) is 24.3 Å². The maximum absolute atomic E-state index is 12.2. The summed E-state index contributed by atoms with van der Waals surface area (Å²) in [5.74, 6) is 0.765. The van der Waals surface area contributed by atoms with Crippen LogP contribution in [0, 0.1) is 0 Å². The van der Waals surface area contributed by atoms with Crippen LogP contribution in [0.4, 0.5) is 10.5 Å². The number of urea groups is 1. The average Bonchev–Trinajstić information content (AvgIpc) is 2.92. The van der Waals surface area contributed by atoms with E-state index >= 15 is 0 Å². The van der Waals surface area contributed by atoms with Gasteiger partial charge in [0.05, 0.1) is 33.8 Å². The van der Waals surface area contributed by atoms with Crippen molar-refractivity contribution in [3.8, 4) is 5.75 Å². The zero-order valence-corrected chi connectivity index (χ0v) is 14.6. The fourth-order valence-corrected chi connectivity index (χ4v) is 2.70. The molecule has 0 aliphatic carbocycles. The number of carbonyl (C=O) groups excluding carboxylic acids is 2. The van der Waals surface area contributed by atoms with E-state index in [1.165, 1.54) is 4.90 Å². The Morgan fingerprint density at radius 2 is 2.04 bits per heavy atom. The van der Waals surface area contributed by atoms with Gasteiger partial charge in [0, 0.05) is 31.6 Å². The van der Waals surface area contributed by atoms with Crippen LogP contribution >= 0.6 is 0 Å². The summed E-state index contributed by atoms with van der Waals surface area (Å²) < 4.78 is 5.12. The fraction of sp³-hybridized carbons (Fsp3) is 0.529. The third-order valence-corrected chi connectivity index (χ3v) is 3.98. The molecule has 0 bridgehead atoms. The first-order valence-corrected chi connectivity index (χ1v) is 8.27. The molecule has 1 aliphatic heterocycles. The molecule has 7 heteroatoms. The number of amides is 3. The van der Waals surface area contributed by atoms with Crippen LogP contribution in [-0.2, 0) is 4.79 Å². The largest absolute Gasteiger partial charge is 0.497 e. The van der Waals surface area contributed by atoms with Crippen molar-refractivity contribution < 1.29 is 19.2 Å². The summed E-state index contributed by atoms with van der Waals surface area (Å²) in [6, 6.07) is 6.97. The molecule has 1 aromatic rings. The van der Waals surface area contributed by atoms with Gasteiger partial charge in [0.25, 0.3) is 0 Å². The number of anilines is 1. The van der Waals surface area contributed by atoms with Gasteiger partial charge in [-0.2, -0.15) is 0 Å². The second kappa shape index (κ2) is 8.54. The number of rotatable bonds is 7.